The molecule has 0 amide bonds. The van der Waals surface area contributed by atoms with Gasteiger partial charge in [-0.1, -0.05) is 30.3 Å². The van der Waals surface area contributed by atoms with E-state index in [1.807, 2.05) is 55.5 Å². The van der Waals surface area contributed by atoms with Crippen LogP contribution in [0.15, 0.2) is 58.3 Å². The van der Waals surface area contributed by atoms with Crippen LogP contribution in [0.4, 0.5) is 5.69 Å². The number of H-pyrrole nitrogens is 1. The number of aromatic nitrogens is 2. The van der Waals surface area contributed by atoms with Crippen LogP contribution in [0, 0.1) is 11.7 Å². The molecule has 0 unspecified atom stereocenters. The number of rotatable bonds is 2. The molecule has 2 aromatic carbocycles. The molecule has 128 valence electrons. The average molecular weight is 361 g/mol. The maximum atomic E-state index is 12.4. The first-order chi connectivity index (χ1) is 12.5. The molecule has 26 heavy (non-hydrogen) atoms. The molecular weight excluding hydrogens is 346 g/mol. The van der Waals surface area contributed by atoms with Crippen molar-refractivity contribution in [1.82, 2.24) is 9.55 Å². The number of allylic oxidation sites excluding steroid dienone is 1. The second-order valence-electron chi connectivity index (χ2n) is 6.05. The zero-order valence-corrected chi connectivity index (χ0v) is 14.7. The van der Waals surface area contributed by atoms with E-state index < -0.39 is 5.56 Å². The van der Waals surface area contributed by atoms with Crippen molar-refractivity contribution in [2.75, 3.05) is 0 Å². The average Bonchev–Trinajstić information content (AvgIpc) is 3.01. The number of aryl methyl sites for hydroxylation is 1. The molecular formula is C20H15N3O2S. The van der Waals surface area contributed by atoms with Crippen LogP contribution in [0.25, 0.3) is 17.3 Å². The Balaban J connectivity index is 1.93. The van der Waals surface area contributed by atoms with Crippen LogP contribution in [0.5, 0.6) is 5.88 Å². The van der Waals surface area contributed by atoms with Gasteiger partial charge in [0, 0.05) is 17.4 Å². The number of fused-ring (bicyclic) bond motifs is 1. The van der Waals surface area contributed by atoms with Gasteiger partial charge in [0.25, 0.3) is 5.56 Å². The van der Waals surface area contributed by atoms with Crippen molar-refractivity contribution in [3.8, 4) is 11.6 Å². The third-order valence-corrected chi connectivity index (χ3v) is 4.52. The fraction of sp³-hybridized carbons (Fsp3) is 0.0500. The van der Waals surface area contributed by atoms with E-state index in [4.69, 9.17) is 12.2 Å². The summed E-state index contributed by atoms with van der Waals surface area (Å²) in [5.41, 5.74) is 3.90. The quantitative estimate of drug-likeness (QED) is 0.673. The number of aromatic hydroxyl groups is 1. The van der Waals surface area contributed by atoms with Crippen molar-refractivity contribution in [3.05, 3.63) is 80.3 Å². The lowest BCUT2D eigenvalue weighted by atomic mass is 10.1. The van der Waals surface area contributed by atoms with Gasteiger partial charge in [-0.15, -0.1) is 0 Å². The minimum absolute atomic E-state index is 0.137. The number of hydrogen-bond donors (Lipinski definition) is 2. The molecule has 1 aromatic heterocycles. The van der Waals surface area contributed by atoms with Crippen LogP contribution in [-0.4, -0.2) is 20.9 Å². The lowest BCUT2D eigenvalue weighted by Crippen LogP contribution is -2.16. The summed E-state index contributed by atoms with van der Waals surface area (Å²) in [6, 6.07) is 15.2. The predicted molar refractivity (Wildman–Crippen MR) is 106 cm³/mol. The van der Waals surface area contributed by atoms with Gasteiger partial charge in [0.15, 0.2) is 4.77 Å². The third kappa shape index (κ3) is 2.70. The number of aromatic amines is 1. The number of aliphatic imine (C=N–C) groups is 1. The summed E-state index contributed by atoms with van der Waals surface area (Å²) >= 11 is 5.26. The van der Waals surface area contributed by atoms with Gasteiger partial charge in [-0.2, -0.15) is 0 Å². The second-order valence-corrected chi connectivity index (χ2v) is 6.43. The van der Waals surface area contributed by atoms with Gasteiger partial charge in [-0.05, 0) is 49.0 Å². The highest BCUT2D eigenvalue weighted by Gasteiger charge is 2.16. The van der Waals surface area contributed by atoms with Gasteiger partial charge in [0.05, 0.1) is 11.4 Å². The zero-order valence-electron chi connectivity index (χ0n) is 13.9. The molecule has 2 N–H and O–H groups in total. The molecule has 0 bridgehead atoms. The van der Waals surface area contributed by atoms with Crippen molar-refractivity contribution in [1.29, 1.82) is 0 Å². The van der Waals surface area contributed by atoms with Gasteiger partial charge in [0.2, 0.25) is 5.88 Å². The number of nitrogens with zero attached hydrogens (tertiary/aromatic N) is 2. The molecule has 1 aliphatic heterocycles. The maximum absolute atomic E-state index is 12.4. The molecule has 0 saturated carbocycles. The fourth-order valence-electron chi connectivity index (χ4n) is 2.98. The first-order valence-corrected chi connectivity index (χ1v) is 8.46. The highest BCUT2D eigenvalue weighted by molar-refractivity contribution is 7.71. The maximum Gasteiger partial charge on any atom is 0.262 e. The minimum Gasteiger partial charge on any atom is -0.494 e. The summed E-state index contributed by atoms with van der Waals surface area (Å²) in [6.07, 6.45) is 3.31. The number of hydrogen-bond acceptors (Lipinski definition) is 4. The number of para-hydroxylation sites is 1. The third-order valence-electron chi connectivity index (χ3n) is 4.24. The molecule has 0 spiro atoms. The summed E-state index contributed by atoms with van der Waals surface area (Å²) in [5.74, 6) is -0.199. The van der Waals surface area contributed by atoms with E-state index in [1.165, 1.54) is 4.57 Å². The van der Waals surface area contributed by atoms with Crippen LogP contribution in [0.3, 0.4) is 0 Å². The molecule has 1 aliphatic rings. The van der Waals surface area contributed by atoms with Crippen LogP contribution in [-0.2, 0) is 0 Å². The standard InChI is InChI=1S/C20H15N3O2S/c1-12-5-4-6-14(9-12)23-19(25)16(18(24)22-20(23)26)10-13-11-21-17-8-3-2-7-15(13)17/h2-11,25H,1H3,(H,22,24,26). The Morgan fingerprint density at radius 1 is 1.19 bits per heavy atom. The first-order valence-electron chi connectivity index (χ1n) is 8.05. The summed E-state index contributed by atoms with van der Waals surface area (Å²) in [4.78, 5) is 19.4. The molecule has 0 atom stereocenters. The lowest BCUT2D eigenvalue weighted by molar-refractivity contribution is 0.432. The Bertz CT molecular complexity index is 1200. The van der Waals surface area contributed by atoms with Crippen molar-refractivity contribution in [2.24, 2.45) is 4.99 Å². The molecule has 2 heterocycles. The molecule has 5 nitrogen and oxygen atoms in total. The van der Waals surface area contributed by atoms with Gasteiger partial charge >= 0.3 is 0 Å². The highest BCUT2D eigenvalue weighted by atomic mass is 32.1. The van der Waals surface area contributed by atoms with E-state index in [-0.39, 0.29) is 16.2 Å². The van der Waals surface area contributed by atoms with Crippen LogP contribution in [0.2, 0.25) is 0 Å². The molecule has 3 aromatic rings. The molecule has 0 aliphatic carbocycles. The van der Waals surface area contributed by atoms with Crippen LogP contribution < -0.4 is 5.56 Å². The fourth-order valence-corrected chi connectivity index (χ4v) is 3.27. The van der Waals surface area contributed by atoms with E-state index in [2.05, 4.69) is 9.98 Å². The molecule has 0 fully saturated rings. The summed E-state index contributed by atoms with van der Waals surface area (Å²) in [5, 5.41) is 10.8. The van der Waals surface area contributed by atoms with Crippen molar-refractivity contribution >= 4 is 35.8 Å². The van der Waals surface area contributed by atoms with E-state index in [0.717, 1.165) is 22.4 Å². The Labute approximate surface area is 154 Å². The van der Waals surface area contributed by atoms with Crippen LogP contribution in [0.1, 0.15) is 16.7 Å². The van der Waals surface area contributed by atoms with Gasteiger partial charge in [-0.3, -0.25) is 19.3 Å². The lowest BCUT2D eigenvalue weighted by Gasteiger charge is -2.12. The van der Waals surface area contributed by atoms with E-state index in [1.54, 1.807) is 12.3 Å². The number of benzene rings is 2. The second kappa shape index (κ2) is 6.24. The normalized spacial score (nSPS) is 14.0. The molecule has 0 saturated heterocycles. The SMILES string of the molecule is Cc1cccc(-n2c(O)c(C=C3C=Nc4ccccc43)c(=O)[nH]c2=S)c1. The minimum atomic E-state index is -0.443. The Morgan fingerprint density at radius 2 is 2.00 bits per heavy atom. The summed E-state index contributed by atoms with van der Waals surface area (Å²) in [7, 11) is 0. The molecule has 6 heteroatoms. The Hall–Kier alpha value is -3.25. The van der Waals surface area contributed by atoms with Crippen molar-refractivity contribution in [2.45, 2.75) is 6.92 Å². The first kappa shape index (κ1) is 16.2. The van der Waals surface area contributed by atoms with Gasteiger partial charge in [-0.25, -0.2) is 0 Å². The smallest absolute Gasteiger partial charge is 0.262 e. The van der Waals surface area contributed by atoms with E-state index in [9.17, 15) is 9.90 Å². The largest absolute Gasteiger partial charge is 0.494 e. The van der Waals surface area contributed by atoms with Crippen molar-refractivity contribution < 1.29 is 5.11 Å². The molecule has 0 radical (unpaired) electrons. The number of nitrogens with one attached hydrogen (secondary N) is 1. The topological polar surface area (TPSA) is 70.4 Å². The summed E-state index contributed by atoms with van der Waals surface area (Å²) in [6.45, 7) is 1.95. The van der Waals surface area contributed by atoms with Crippen LogP contribution >= 0.6 is 12.2 Å². The van der Waals surface area contributed by atoms with E-state index in [0.29, 0.717) is 5.69 Å². The Morgan fingerprint density at radius 3 is 2.81 bits per heavy atom. The summed E-state index contributed by atoms with van der Waals surface area (Å²) < 4.78 is 1.59. The van der Waals surface area contributed by atoms with Gasteiger partial charge in [0.1, 0.15) is 5.56 Å². The zero-order chi connectivity index (χ0) is 18.3. The Kier molecular flexibility index (Phi) is 3.89. The van der Waals surface area contributed by atoms with E-state index >= 15 is 0 Å². The van der Waals surface area contributed by atoms with Gasteiger partial charge < -0.3 is 5.11 Å². The molecule has 4 rings (SSSR count). The highest BCUT2D eigenvalue weighted by Crippen LogP contribution is 2.33. The monoisotopic (exact) mass is 361 g/mol. The predicted octanol–water partition coefficient (Wildman–Crippen LogP) is 4.17. The van der Waals surface area contributed by atoms with Crippen molar-refractivity contribution in [3.63, 3.8) is 0 Å².